The molecule has 146 valence electrons. The Labute approximate surface area is 162 Å². The summed E-state index contributed by atoms with van der Waals surface area (Å²) in [5.41, 5.74) is 3.42. The number of amides is 1. The highest BCUT2D eigenvalue weighted by Crippen LogP contribution is 2.29. The van der Waals surface area contributed by atoms with Gasteiger partial charge in [0.2, 0.25) is 0 Å². The Morgan fingerprint density at radius 1 is 1.33 bits per heavy atom. The van der Waals surface area contributed by atoms with Crippen molar-refractivity contribution in [2.24, 2.45) is 0 Å². The second-order valence-electron chi connectivity index (χ2n) is 7.21. The number of aryl methyl sites for hydroxylation is 1. The molecule has 0 radical (unpaired) electrons. The Kier molecular flexibility index (Phi) is 6.09. The van der Waals surface area contributed by atoms with Crippen molar-refractivity contribution in [3.05, 3.63) is 52.6 Å². The van der Waals surface area contributed by atoms with E-state index in [-0.39, 0.29) is 17.0 Å². The van der Waals surface area contributed by atoms with Crippen LogP contribution in [0, 0.1) is 5.82 Å². The molecule has 2 unspecified atom stereocenters. The van der Waals surface area contributed by atoms with Crippen LogP contribution in [-0.4, -0.2) is 44.1 Å². The highest BCUT2D eigenvalue weighted by atomic mass is 32.2. The summed E-state index contributed by atoms with van der Waals surface area (Å²) >= 11 is 0. The molecule has 1 amide bonds. The summed E-state index contributed by atoms with van der Waals surface area (Å²) in [6.07, 6.45) is 3.14. The van der Waals surface area contributed by atoms with Gasteiger partial charge in [-0.1, -0.05) is 19.1 Å². The van der Waals surface area contributed by atoms with Crippen molar-refractivity contribution in [2.45, 2.75) is 50.2 Å². The molecule has 0 aliphatic heterocycles. The number of benzene rings is 1. The van der Waals surface area contributed by atoms with Gasteiger partial charge in [-0.3, -0.25) is 13.7 Å². The summed E-state index contributed by atoms with van der Waals surface area (Å²) in [4.78, 5) is 14.1. The molecule has 5 nitrogen and oxygen atoms in total. The molecule has 0 saturated carbocycles. The Morgan fingerprint density at radius 3 is 2.67 bits per heavy atom. The van der Waals surface area contributed by atoms with Gasteiger partial charge in [0.25, 0.3) is 5.91 Å². The first-order valence-electron chi connectivity index (χ1n) is 9.32. The van der Waals surface area contributed by atoms with Crippen molar-refractivity contribution < 1.29 is 13.4 Å². The summed E-state index contributed by atoms with van der Waals surface area (Å²) < 4.78 is 27.9. The van der Waals surface area contributed by atoms with Crippen molar-refractivity contribution in [2.75, 3.05) is 14.1 Å². The Balaban J connectivity index is 1.82. The topological polar surface area (TPSA) is 55.2 Å². The molecule has 1 heterocycles. The summed E-state index contributed by atoms with van der Waals surface area (Å²) in [5.74, 6) is 0.00782. The number of carbonyl (C=O) groups excluding carboxylic acids is 1. The summed E-state index contributed by atoms with van der Waals surface area (Å²) in [6.45, 7) is 2.87. The van der Waals surface area contributed by atoms with Crippen LogP contribution in [0.5, 0.6) is 0 Å². The fraction of sp³-hybridized carbons (Fsp3) is 0.500. The van der Waals surface area contributed by atoms with Gasteiger partial charge in [0.1, 0.15) is 5.82 Å². The van der Waals surface area contributed by atoms with Crippen LogP contribution in [-0.2, 0) is 35.9 Å². The minimum atomic E-state index is -1.08. The number of rotatable bonds is 6. The molecule has 2 atom stereocenters. The molecule has 7 heteroatoms. The van der Waals surface area contributed by atoms with Crippen molar-refractivity contribution in [1.29, 1.82) is 0 Å². The van der Waals surface area contributed by atoms with Crippen LogP contribution >= 0.6 is 0 Å². The van der Waals surface area contributed by atoms with Gasteiger partial charge in [0.15, 0.2) is 5.69 Å². The number of fused-ring (bicyclic) bond motifs is 1. The van der Waals surface area contributed by atoms with Crippen LogP contribution < -0.4 is 0 Å². The lowest BCUT2D eigenvalue weighted by molar-refractivity contribution is 0.0820. The van der Waals surface area contributed by atoms with E-state index in [1.54, 1.807) is 26.2 Å². The van der Waals surface area contributed by atoms with Gasteiger partial charge < -0.3 is 4.90 Å². The molecule has 2 aromatic rings. The number of halogens is 1. The standard InChI is InChI=1S/C20H26FN3O2S/c1-4-11-24-18-10-9-16(12-17(18)19(22-24)20(25)23(2)3)27(26)13-14-5-7-15(21)8-6-14/h5-8,16H,4,9-13H2,1-3H3. The molecule has 1 aromatic heterocycles. The predicted octanol–water partition coefficient (Wildman–Crippen LogP) is 2.94. The molecule has 1 aliphatic rings. The zero-order chi connectivity index (χ0) is 19.6. The number of nitrogens with zero attached hydrogens (tertiary/aromatic N) is 3. The fourth-order valence-corrected chi connectivity index (χ4v) is 5.01. The fourth-order valence-electron chi connectivity index (χ4n) is 3.52. The van der Waals surface area contributed by atoms with Crippen LogP contribution in [0.1, 0.15) is 47.1 Å². The number of hydrogen-bond acceptors (Lipinski definition) is 3. The molecule has 0 fully saturated rings. The summed E-state index contributed by atoms with van der Waals surface area (Å²) in [6, 6.07) is 6.16. The number of carbonyl (C=O) groups is 1. The van der Waals surface area contributed by atoms with Crippen LogP contribution in [0.2, 0.25) is 0 Å². The van der Waals surface area contributed by atoms with E-state index in [2.05, 4.69) is 12.0 Å². The first-order chi connectivity index (χ1) is 12.9. The predicted molar refractivity (Wildman–Crippen MR) is 105 cm³/mol. The van der Waals surface area contributed by atoms with E-state index in [0.717, 1.165) is 42.6 Å². The molecular weight excluding hydrogens is 365 g/mol. The van der Waals surface area contributed by atoms with Crippen molar-refractivity contribution in [1.82, 2.24) is 14.7 Å². The van der Waals surface area contributed by atoms with Gasteiger partial charge in [0.05, 0.1) is 0 Å². The maximum Gasteiger partial charge on any atom is 0.274 e. The summed E-state index contributed by atoms with van der Waals surface area (Å²) in [5, 5.41) is 4.56. The van der Waals surface area contributed by atoms with Gasteiger partial charge in [-0.2, -0.15) is 5.10 Å². The van der Waals surface area contributed by atoms with Crippen LogP contribution in [0.15, 0.2) is 24.3 Å². The smallest absolute Gasteiger partial charge is 0.274 e. The average Bonchev–Trinajstić information content (AvgIpc) is 3.01. The van der Waals surface area contributed by atoms with Gasteiger partial charge in [-0.25, -0.2) is 4.39 Å². The Morgan fingerprint density at radius 2 is 2.04 bits per heavy atom. The third-order valence-electron chi connectivity index (χ3n) is 4.94. The maximum absolute atomic E-state index is 13.1. The largest absolute Gasteiger partial charge is 0.343 e. The van der Waals surface area contributed by atoms with Crippen molar-refractivity contribution in [3.63, 3.8) is 0 Å². The monoisotopic (exact) mass is 391 g/mol. The molecule has 27 heavy (non-hydrogen) atoms. The molecule has 0 N–H and O–H groups in total. The third kappa shape index (κ3) is 4.29. The SMILES string of the molecule is CCCn1nc(C(=O)N(C)C)c2c1CCC(S(=O)Cc1ccc(F)cc1)C2. The molecule has 0 spiro atoms. The van der Waals surface area contributed by atoms with Crippen molar-refractivity contribution >= 4 is 16.7 Å². The second kappa shape index (κ2) is 8.33. The molecule has 1 aromatic carbocycles. The lowest BCUT2D eigenvalue weighted by Crippen LogP contribution is -2.28. The quantitative estimate of drug-likeness (QED) is 0.761. The van der Waals surface area contributed by atoms with Gasteiger partial charge in [-0.05, 0) is 43.4 Å². The third-order valence-corrected chi connectivity index (χ3v) is 6.70. The normalized spacial score (nSPS) is 17.4. The summed E-state index contributed by atoms with van der Waals surface area (Å²) in [7, 11) is 2.36. The maximum atomic E-state index is 13.1. The highest BCUT2D eigenvalue weighted by Gasteiger charge is 2.32. The second-order valence-corrected chi connectivity index (χ2v) is 8.93. The van der Waals surface area contributed by atoms with Crippen LogP contribution in [0.25, 0.3) is 0 Å². The van der Waals surface area contributed by atoms with E-state index in [1.807, 2.05) is 4.68 Å². The number of aromatic nitrogens is 2. The lowest BCUT2D eigenvalue weighted by Gasteiger charge is -2.23. The molecule has 3 rings (SSSR count). The van der Waals surface area contributed by atoms with Crippen LogP contribution in [0.3, 0.4) is 0 Å². The minimum Gasteiger partial charge on any atom is -0.343 e. The molecule has 0 bridgehead atoms. The molecule has 1 aliphatic carbocycles. The van der Waals surface area contributed by atoms with E-state index in [9.17, 15) is 13.4 Å². The number of hydrogen-bond donors (Lipinski definition) is 0. The van der Waals surface area contributed by atoms with E-state index < -0.39 is 10.8 Å². The van der Waals surface area contributed by atoms with Gasteiger partial charge in [0, 0.05) is 53.7 Å². The van der Waals surface area contributed by atoms with Crippen LogP contribution in [0.4, 0.5) is 4.39 Å². The minimum absolute atomic E-state index is 0.0180. The zero-order valence-electron chi connectivity index (χ0n) is 16.1. The molecule has 0 saturated heterocycles. The lowest BCUT2D eigenvalue weighted by atomic mass is 9.94. The zero-order valence-corrected chi connectivity index (χ0v) is 16.9. The van der Waals surface area contributed by atoms with Gasteiger partial charge >= 0.3 is 0 Å². The van der Waals surface area contributed by atoms with Gasteiger partial charge in [-0.15, -0.1) is 0 Å². The first kappa shape index (κ1) is 19.7. The van der Waals surface area contributed by atoms with Crippen molar-refractivity contribution in [3.8, 4) is 0 Å². The van der Waals surface area contributed by atoms with E-state index in [4.69, 9.17) is 0 Å². The first-order valence-corrected chi connectivity index (χ1v) is 10.7. The average molecular weight is 392 g/mol. The molecular formula is C20H26FN3O2S. The Hall–Kier alpha value is -2.02. The Bertz CT molecular complexity index is 846. The van der Waals surface area contributed by atoms with E-state index >= 15 is 0 Å². The highest BCUT2D eigenvalue weighted by molar-refractivity contribution is 7.84. The van der Waals surface area contributed by atoms with E-state index in [0.29, 0.717) is 17.9 Å². The van der Waals surface area contributed by atoms with E-state index in [1.165, 1.54) is 17.0 Å².